The van der Waals surface area contributed by atoms with Crippen LogP contribution in [0.5, 0.6) is 0 Å². The molecule has 1 fully saturated rings. The molecule has 6 heteroatoms. The van der Waals surface area contributed by atoms with Gasteiger partial charge in [-0.05, 0) is 67.9 Å². The Morgan fingerprint density at radius 2 is 1.92 bits per heavy atom. The van der Waals surface area contributed by atoms with Crippen LogP contribution >= 0.6 is 0 Å². The highest BCUT2D eigenvalue weighted by molar-refractivity contribution is 5.98. The number of benzene rings is 1. The summed E-state index contributed by atoms with van der Waals surface area (Å²) in [5, 5.41) is 2.73. The van der Waals surface area contributed by atoms with Crippen molar-refractivity contribution in [3.05, 3.63) is 42.0 Å². The van der Waals surface area contributed by atoms with E-state index in [9.17, 15) is 18.0 Å². The average Bonchev–Trinajstić information content (AvgIpc) is 2.97. The first-order valence-corrected chi connectivity index (χ1v) is 8.65. The first-order chi connectivity index (χ1) is 11.9. The van der Waals surface area contributed by atoms with Crippen molar-refractivity contribution in [2.75, 3.05) is 5.32 Å². The molecule has 2 aliphatic carbocycles. The van der Waals surface area contributed by atoms with E-state index in [-0.39, 0.29) is 31.0 Å². The molecule has 25 heavy (non-hydrogen) atoms. The van der Waals surface area contributed by atoms with Gasteiger partial charge in [-0.15, -0.1) is 0 Å². The lowest BCUT2D eigenvalue weighted by molar-refractivity contribution is -0.189. The van der Waals surface area contributed by atoms with Gasteiger partial charge in [-0.2, -0.15) is 13.2 Å². The van der Waals surface area contributed by atoms with Crippen molar-refractivity contribution >= 4 is 11.6 Å². The summed E-state index contributed by atoms with van der Waals surface area (Å²) in [5.41, 5.74) is 2.88. The van der Waals surface area contributed by atoms with Gasteiger partial charge in [0.25, 0.3) is 0 Å². The average molecular weight is 353 g/mol. The Morgan fingerprint density at radius 3 is 2.56 bits per heavy atom. The van der Waals surface area contributed by atoms with Gasteiger partial charge in [0.05, 0.1) is 18.1 Å². The second-order valence-electron chi connectivity index (χ2n) is 6.79. The first-order valence-electron chi connectivity index (χ1n) is 8.65. The molecule has 0 bridgehead atoms. The molecule has 0 aromatic heterocycles. The molecule has 1 saturated carbocycles. The van der Waals surface area contributed by atoms with Crippen molar-refractivity contribution in [3.8, 4) is 0 Å². The van der Waals surface area contributed by atoms with E-state index < -0.39 is 12.1 Å². The number of nitrogens with one attached hydrogen (secondary N) is 1. The third kappa shape index (κ3) is 4.24. The van der Waals surface area contributed by atoms with Gasteiger partial charge in [0.15, 0.2) is 0 Å². The molecule has 3 nitrogen and oxygen atoms in total. The molecule has 0 heterocycles. The number of carbonyl (C=O) groups excluding carboxylic acids is 1. The van der Waals surface area contributed by atoms with Crippen molar-refractivity contribution < 1.29 is 22.7 Å². The van der Waals surface area contributed by atoms with Crippen molar-refractivity contribution in [2.24, 2.45) is 5.92 Å². The molecule has 1 amide bonds. The van der Waals surface area contributed by atoms with Crippen molar-refractivity contribution in [2.45, 2.75) is 56.9 Å². The zero-order chi connectivity index (χ0) is 18.0. The minimum absolute atomic E-state index is 0.108. The number of amides is 1. The monoisotopic (exact) mass is 353 g/mol. The number of alkyl halides is 3. The molecule has 0 aliphatic heterocycles. The fourth-order valence-electron chi connectivity index (χ4n) is 3.74. The lowest BCUT2D eigenvalue weighted by Crippen LogP contribution is -2.31. The summed E-state index contributed by atoms with van der Waals surface area (Å²) >= 11 is 0. The number of ether oxygens (including phenoxy) is 1. The molecule has 0 radical (unpaired) electrons. The van der Waals surface area contributed by atoms with Crippen LogP contribution in [0.3, 0.4) is 0 Å². The predicted molar refractivity (Wildman–Crippen MR) is 89.2 cm³/mol. The smallest absolute Gasteiger partial charge is 0.370 e. The van der Waals surface area contributed by atoms with Gasteiger partial charge in [0.1, 0.15) is 0 Å². The van der Waals surface area contributed by atoms with Gasteiger partial charge in [0, 0.05) is 5.69 Å². The van der Waals surface area contributed by atoms with Crippen molar-refractivity contribution in [1.82, 2.24) is 0 Å². The maximum Gasteiger partial charge on any atom is 0.391 e. The summed E-state index contributed by atoms with van der Waals surface area (Å²) in [6, 6.07) is 5.71. The Kier molecular flexibility index (Phi) is 5.18. The molecule has 2 aliphatic rings. The Hall–Kier alpha value is -1.82. The van der Waals surface area contributed by atoms with Crippen LogP contribution in [0, 0.1) is 5.92 Å². The van der Waals surface area contributed by atoms with Gasteiger partial charge in [-0.1, -0.05) is 12.6 Å². The Morgan fingerprint density at radius 1 is 1.20 bits per heavy atom. The molecule has 0 saturated heterocycles. The number of carbonyl (C=O) groups is 1. The summed E-state index contributed by atoms with van der Waals surface area (Å²) in [5.74, 6) is -1.47. The van der Waals surface area contributed by atoms with Gasteiger partial charge >= 0.3 is 6.18 Å². The molecule has 3 rings (SSSR count). The third-order valence-electron chi connectivity index (χ3n) is 5.12. The first kappa shape index (κ1) is 18.0. The summed E-state index contributed by atoms with van der Waals surface area (Å²) in [7, 11) is 0. The number of hydrogen-bond donors (Lipinski definition) is 1. The largest absolute Gasteiger partial charge is 0.391 e. The molecular formula is C19H22F3NO2. The molecule has 1 aromatic rings. The van der Waals surface area contributed by atoms with Crippen LogP contribution in [0.15, 0.2) is 30.9 Å². The number of hydrogen-bond acceptors (Lipinski definition) is 2. The summed E-state index contributed by atoms with van der Waals surface area (Å²) in [6.45, 7) is 3.43. The van der Waals surface area contributed by atoms with Crippen LogP contribution in [0.25, 0.3) is 0 Å². The van der Waals surface area contributed by atoms with Crippen LogP contribution in [-0.2, 0) is 16.0 Å². The van der Waals surface area contributed by atoms with E-state index in [4.69, 9.17) is 4.74 Å². The highest BCUT2D eigenvalue weighted by Crippen LogP contribution is 2.42. The molecule has 1 N–H and O–H groups in total. The van der Waals surface area contributed by atoms with Gasteiger partial charge in [0.2, 0.25) is 5.91 Å². The predicted octanol–water partition coefficient (Wildman–Crippen LogP) is 4.94. The SMILES string of the molecule is C=CC(=O)Nc1ccc2c(c1)C(O[C@H]1CC[C@H](C(F)(F)F)CC1)CC2. The van der Waals surface area contributed by atoms with Crippen molar-refractivity contribution in [3.63, 3.8) is 0 Å². The van der Waals surface area contributed by atoms with Crippen LogP contribution in [0.1, 0.15) is 49.3 Å². The summed E-state index contributed by atoms with van der Waals surface area (Å²) in [6.07, 6.45) is -0.230. The van der Waals surface area contributed by atoms with E-state index in [0.717, 1.165) is 18.4 Å². The van der Waals surface area contributed by atoms with Crippen LogP contribution in [-0.4, -0.2) is 18.2 Å². The number of aryl methyl sites for hydroxylation is 1. The Balaban J connectivity index is 1.62. The van der Waals surface area contributed by atoms with E-state index >= 15 is 0 Å². The number of fused-ring (bicyclic) bond motifs is 1. The third-order valence-corrected chi connectivity index (χ3v) is 5.12. The maximum atomic E-state index is 12.8. The van der Waals surface area contributed by atoms with E-state index in [1.54, 1.807) is 0 Å². The zero-order valence-electron chi connectivity index (χ0n) is 13.9. The van der Waals surface area contributed by atoms with Gasteiger partial charge < -0.3 is 10.1 Å². The topological polar surface area (TPSA) is 38.3 Å². The zero-order valence-corrected chi connectivity index (χ0v) is 13.9. The Labute approximate surface area is 145 Å². The second-order valence-corrected chi connectivity index (χ2v) is 6.79. The number of halogens is 3. The van der Waals surface area contributed by atoms with E-state index in [0.29, 0.717) is 18.5 Å². The lowest BCUT2D eigenvalue weighted by Gasteiger charge is -2.31. The van der Waals surface area contributed by atoms with E-state index in [2.05, 4.69) is 11.9 Å². The molecule has 0 spiro atoms. The van der Waals surface area contributed by atoms with Crippen molar-refractivity contribution in [1.29, 1.82) is 0 Å². The molecule has 1 aromatic carbocycles. The molecule has 1 atom stereocenters. The quantitative estimate of drug-likeness (QED) is 0.779. The maximum absolute atomic E-state index is 12.8. The van der Waals surface area contributed by atoms with E-state index in [1.165, 1.54) is 11.6 Å². The molecular weight excluding hydrogens is 331 g/mol. The van der Waals surface area contributed by atoms with E-state index in [1.807, 2.05) is 18.2 Å². The van der Waals surface area contributed by atoms with Gasteiger partial charge in [-0.3, -0.25) is 4.79 Å². The Bertz CT molecular complexity index is 649. The standard InChI is InChI=1S/C19H22F3NO2/c1-2-18(24)23-14-7-3-12-4-10-17(16(12)11-14)25-15-8-5-13(6-9-15)19(20,21)22/h2-3,7,11,13,15,17H,1,4-6,8-10H2,(H,23,24)/t13-,15-,17?. The fraction of sp³-hybridized carbons (Fsp3) is 0.526. The summed E-state index contributed by atoms with van der Waals surface area (Å²) < 4.78 is 44.4. The van der Waals surface area contributed by atoms with Crippen LogP contribution in [0.4, 0.5) is 18.9 Å². The highest BCUT2D eigenvalue weighted by Gasteiger charge is 2.42. The minimum Gasteiger partial charge on any atom is -0.370 e. The number of anilines is 1. The fourth-order valence-corrected chi connectivity index (χ4v) is 3.74. The van der Waals surface area contributed by atoms with Gasteiger partial charge in [-0.25, -0.2) is 0 Å². The highest BCUT2D eigenvalue weighted by atomic mass is 19.4. The van der Waals surface area contributed by atoms with Crippen LogP contribution < -0.4 is 5.32 Å². The lowest BCUT2D eigenvalue weighted by atomic mass is 9.87. The second kappa shape index (κ2) is 7.20. The molecule has 1 unspecified atom stereocenters. The molecule has 136 valence electrons. The summed E-state index contributed by atoms with van der Waals surface area (Å²) in [4.78, 5) is 11.4. The van der Waals surface area contributed by atoms with Crippen LogP contribution in [0.2, 0.25) is 0 Å². The normalized spacial score (nSPS) is 26.1. The number of rotatable bonds is 4. The minimum atomic E-state index is -4.09.